The van der Waals surface area contributed by atoms with Crippen LogP contribution in [-0.4, -0.2) is 15.2 Å². The van der Waals surface area contributed by atoms with Crippen molar-refractivity contribution in [2.75, 3.05) is 0 Å². The van der Waals surface area contributed by atoms with Crippen molar-refractivity contribution < 1.29 is 0 Å². The molecular weight excluding hydrogens is 242 g/mol. The zero-order valence-electron chi connectivity index (χ0n) is 10.2. The van der Waals surface area contributed by atoms with Gasteiger partial charge in [0.1, 0.15) is 0 Å². The number of rotatable bonds is 2. The van der Waals surface area contributed by atoms with Gasteiger partial charge in [-0.3, -0.25) is 0 Å². The Morgan fingerprint density at radius 1 is 1.33 bits per heavy atom. The molecule has 0 fully saturated rings. The minimum atomic E-state index is 0.0961. The van der Waals surface area contributed by atoms with Crippen LogP contribution in [0.15, 0.2) is 41.8 Å². The van der Waals surface area contributed by atoms with Gasteiger partial charge in [-0.1, -0.05) is 36.0 Å². The number of hydrogen-bond donors (Lipinski definition) is 2. The molecule has 1 aromatic carbocycles. The molecule has 0 aliphatic heterocycles. The molecule has 0 bridgehead atoms. The van der Waals surface area contributed by atoms with Gasteiger partial charge < -0.3 is 10.7 Å². The molecule has 0 saturated heterocycles. The van der Waals surface area contributed by atoms with Gasteiger partial charge in [-0.15, -0.1) is 0 Å². The molecule has 94 valence electrons. The second kappa shape index (κ2) is 5.16. The Morgan fingerprint density at radius 3 is 3.06 bits per heavy atom. The lowest BCUT2D eigenvalue weighted by molar-refractivity contribution is 0.631. The normalized spacial score (nSPS) is 23.4. The zero-order chi connectivity index (χ0) is 12.4. The Labute approximate surface area is 111 Å². The maximum absolute atomic E-state index is 6.44. The van der Waals surface area contributed by atoms with E-state index in [4.69, 9.17) is 5.73 Å². The van der Waals surface area contributed by atoms with E-state index in [-0.39, 0.29) is 6.04 Å². The minimum absolute atomic E-state index is 0.0961. The van der Waals surface area contributed by atoms with Crippen LogP contribution in [0.3, 0.4) is 0 Å². The molecule has 1 aliphatic carbocycles. The van der Waals surface area contributed by atoms with Gasteiger partial charge in [0.05, 0.1) is 0 Å². The average Bonchev–Trinajstić information content (AvgIpc) is 2.85. The average molecular weight is 259 g/mol. The van der Waals surface area contributed by atoms with Crippen LogP contribution in [0.25, 0.3) is 0 Å². The largest absolute Gasteiger partial charge is 0.340 e. The van der Waals surface area contributed by atoms with Crippen molar-refractivity contribution in [3.63, 3.8) is 0 Å². The predicted octanol–water partition coefficient (Wildman–Crippen LogP) is 2.91. The number of hydrogen-bond acceptors (Lipinski definition) is 3. The molecule has 1 heterocycles. The lowest BCUT2D eigenvalue weighted by Crippen LogP contribution is -2.23. The Balaban J connectivity index is 1.85. The highest BCUT2D eigenvalue weighted by atomic mass is 32.2. The Hall–Kier alpha value is -1.26. The van der Waals surface area contributed by atoms with Crippen LogP contribution in [-0.2, 0) is 6.42 Å². The second-order valence-electron chi connectivity index (χ2n) is 4.67. The Morgan fingerprint density at radius 2 is 2.22 bits per heavy atom. The summed E-state index contributed by atoms with van der Waals surface area (Å²) in [5.41, 5.74) is 9.16. The number of benzene rings is 1. The van der Waals surface area contributed by atoms with Crippen molar-refractivity contribution in [2.24, 2.45) is 5.73 Å². The van der Waals surface area contributed by atoms with Gasteiger partial charge in [0.2, 0.25) is 0 Å². The molecule has 0 spiro atoms. The number of aryl methyl sites for hydroxylation is 1. The summed E-state index contributed by atoms with van der Waals surface area (Å²) in [6.45, 7) is 0. The Bertz CT molecular complexity index is 510. The molecule has 0 saturated carbocycles. The summed E-state index contributed by atoms with van der Waals surface area (Å²) in [6, 6.07) is 8.65. The van der Waals surface area contributed by atoms with Crippen LogP contribution in [0.5, 0.6) is 0 Å². The van der Waals surface area contributed by atoms with Gasteiger partial charge in [0.15, 0.2) is 5.16 Å². The summed E-state index contributed by atoms with van der Waals surface area (Å²) >= 11 is 1.76. The van der Waals surface area contributed by atoms with Crippen molar-refractivity contribution in [1.82, 2.24) is 9.97 Å². The van der Waals surface area contributed by atoms with Crippen LogP contribution in [0, 0.1) is 0 Å². The van der Waals surface area contributed by atoms with E-state index >= 15 is 0 Å². The number of H-pyrrole nitrogens is 1. The van der Waals surface area contributed by atoms with Crippen molar-refractivity contribution in [2.45, 2.75) is 35.7 Å². The molecule has 3 rings (SSSR count). The van der Waals surface area contributed by atoms with E-state index in [2.05, 4.69) is 34.2 Å². The van der Waals surface area contributed by atoms with Crippen LogP contribution < -0.4 is 5.73 Å². The van der Waals surface area contributed by atoms with Crippen LogP contribution in [0.4, 0.5) is 0 Å². The molecule has 3 nitrogen and oxygen atoms in total. The van der Waals surface area contributed by atoms with Crippen molar-refractivity contribution in [3.05, 3.63) is 47.8 Å². The molecule has 0 radical (unpaired) electrons. The highest BCUT2D eigenvalue weighted by molar-refractivity contribution is 7.99. The van der Waals surface area contributed by atoms with E-state index in [1.54, 1.807) is 18.0 Å². The first-order valence-electron chi connectivity index (χ1n) is 6.34. The smallest absolute Gasteiger partial charge is 0.165 e. The summed E-state index contributed by atoms with van der Waals surface area (Å²) in [5.74, 6) is 0. The SMILES string of the molecule is NC1c2ccccc2CCCC1Sc1ncc[nH]1. The molecule has 2 atom stereocenters. The van der Waals surface area contributed by atoms with Crippen molar-refractivity contribution in [3.8, 4) is 0 Å². The third-order valence-electron chi connectivity index (χ3n) is 3.49. The first kappa shape index (κ1) is 11.8. The third-order valence-corrected chi connectivity index (χ3v) is 4.76. The number of nitrogens with zero attached hydrogens (tertiary/aromatic N) is 1. The highest BCUT2D eigenvalue weighted by Crippen LogP contribution is 2.36. The van der Waals surface area contributed by atoms with Crippen molar-refractivity contribution in [1.29, 1.82) is 0 Å². The van der Waals surface area contributed by atoms with Crippen molar-refractivity contribution >= 4 is 11.8 Å². The summed E-state index contributed by atoms with van der Waals surface area (Å²) in [6.07, 6.45) is 7.13. The fraction of sp³-hybridized carbons (Fsp3) is 0.357. The van der Waals surface area contributed by atoms with Gasteiger partial charge in [0.25, 0.3) is 0 Å². The second-order valence-corrected chi connectivity index (χ2v) is 5.90. The summed E-state index contributed by atoms with van der Waals surface area (Å²) in [7, 11) is 0. The zero-order valence-corrected chi connectivity index (χ0v) is 11.0. The van der Waals surface area contributed by atoms with E-state index in [0.717, 1.165) is 18.0 Å². The first-order chi connectivity index (χ1) is 8.84. The van der Waals surface area contributed by atoms with Gasteiger partial charge in [-0.05, 0) is 30.4 Å². The lowest BCUT2D eigenvalue weighted by atomic mass is 10.00. The summed E-state index contributed by atoms with van der Waals surface area (Å²) < 4.78 is 0. The number of aromatic amines is 1. The monoisotopic (exact) mass is 259 g/mol. The first-order valence-corrected chi connectivity index (χ1v) is 7.22. The van der Waals surface area contributed by atoms with Crippen LogP contribution >= 0.6 is 11.8 Å². The van der Waals surface area contributed by atoms with Gasteiger partial charge in [-0.2, -0.15) is 0 Å². The third kappa shape index (κ3) is 2.31. The minimum Gasteiger partial charge on any atom is -0.340 e. The van der Waals surface area contributed by atoms with E-state index in [0.29, 0.717) is 5.25 Å². The molecular formula is C14H17N3S. The Kier molecular flexibility index (Phi) is 3.39. The molecule has 1 aliphatic rings. The molecule has 0 amide bonds. The fourth-order valence-electron chi connectivity index (χ4n) is 2.55. The summed E-state index contributed by atoms with van der Waals surface area (Å²) in [4.78, 5) is 7.43. The van der Waals surface area contributed by atoms with E-state index in [9.17, 15) is 0 Å². The van der Waals surface area contributed by atoms with Gasteiger partial charge >= 0.3 is 0 Å². The number of imidazole rings is 1. The van der Waals surface area contributed by atoms with E-state index in [1.807, 2.05) is 6.20 Å². The van der Waals surface area contributed by atoms with Crippen LogP contribution in [0.2, 0.25) is 0 Å². The molecule has 4 heteroatoms. The van der Waals surface area contributed by atoms with E-state index < -0.39 is 0 Å². The summed E-state index contributed by atoms with van der Waals surface area (Å²) in [5, 5.41) is 1.37. The van der Waals surface area contributed by atoms with Crippen LogP contribution in [0.1, 0.15) is 30.0 Å². The standard InChI is InChI=1S/C14H17N3S/c15-13-11-6-2-1-4-10(11)5-3-7-12(13)18-14-16-8-9-17-14/h1-2,4,6,8-9,12-13H,3,5,7,15H2,(H,16,17). The van der Waals surface area contributed by atoms with Gasteiger partial charge in [-0.25, -0.2) is 4.98 Å². The maximum Gasteiger partial charge on any atom is 0.165 e. The molecule has 2 unspecified atom stereocenters. The van der Waals surface area contributed by atoms with Gasteiger partial charge in [0, 0.05) is 23.7 Å². The van der Waals surface area contributed by atoms with E-state index in [1.165, 1.54) is 17.5 Å². The topological polar surface area (TPSA) is 54.7 Å². The number of fused-ring (bicyclic) bond motifs is 1. The highest BCUT2D eigenvalue weighted by Gasteiger charge is 2.25. The predicted molar refractivity (Wildman–Crippen MR) is 74.5 cm³/mol. The quantitative estimate of drug-likeness (QED) is 0.815. The number of thioether (sulfide) groups is 1. The fourth-order valence-corrected chi connectivity index (χ4v) is 3.67. The number of nitrogens with one attached hydrogen (secondary N) is 1. The lowest BCUT2D eigenvalue weighted by Gasteiger charge is -2.21. The molecule has 3 N–H and O–H groups in total. The number of nitrogens with two attached hydrogens (primary N) is 1. The molecule has 1 aromatic heterocycles. The molecule has 2 aromatic rings. The number of aromatic nitrogens is 2. The molecule has 18 heavy (non-hydrogen) atoms. The maximum atomic E-state index is 6.44.